The second kappa shape index (κ2) is 8.14. The molecule has 1 heterocycles. The molecule has 0 aliphatic carbocycles. The van der Waals surface area contributed by atoms with Gasteiger partial charge in [-0.05, 0) is 62.9 Å². The van der Waals surface area contributed by atoms with Gasteiger partial charge in [0.2, 0.25) is 5.91 Å². The lowest BCUT2D eigenvalue weighted by Gasteiger charge is -2.27. The van der Waals surface area contributed by atoms with Crippen LogP contribution >= 0.6 is 23.2 Å². The Labute approximate surface area is 175 Å². The van der Waals surface area contributed by atoms with Gasteiger partial charge in [0.1, 0.15) is 5.60 Å². The highest BCUT2D eigenvalue weighted by molar-refractivity contribution is 6.35. The van der Waals surface area contributed by atoms with E-state index in [4.69, 9.17) is 27.9 Å². The SMILES string of the molecule is CC(C)(C)OC(=O)N1C(=O)CCC1Cc1ccc(-c2cc(Cl)ccc2Cl)cc1. The molecule has 4 nitrogen and oxygen atoms in total. The number of carbonyl (C=O) groups is 2. The van der Waals surface area contributed by atoms with Crippen molar-refractivity contribution in [2.45, 2.75) is 51.7 Å². The molecule has 3 rings (SSSR count). The topological polar surface area (TPSA) is 46.6 Å². The number of carbonyl (C=O) groups excluding carboxylic acids is 2. The van der Waals surface area contributed by atoms with Crippen LogP contribution in [0, 0.1) is 0 Å². The van der Waals surface area contributed by atoms with E-state index >= 15 is 0 Å². The van der Waals surface area contributed by atoms with Crippen LogP contribution in [0.3, 0.4) is 0 Å². The van der Waals surface area contributed by atoms with Gasteiger partial charge in [-0.2, -0.15) is 0 Å². The Balaban J connectivity index is 1.75. The van der Waals surface area contributed by atoms with Crippen LogP contribution in [0.4, 0.5) is 4.79 Å². The Morgan fingerprint density at radius 3 is 2.46 bits per heavy atom. The monoisotopic (exact) mass is 419 g/mol. The molecular formula is C22H23Cl2NO3. The number of hydrogen-bond acceptors (Lipinski definition) is 3. The van der Waals surface area contributed by atoms with E-state index in [1.54, 1.807) is 32.9 Å². The predicted octanol–water partition coefficient (Wildman–Crippen LogP) is 6.13. The van der Waals surface area contributed by atoms with E-state index < -0.39 is 11.7 Å². The maximum absolute atomic E-state index is 12.4. The van der Waals surface area contributed by atoms with Crippen LogP contribution in [0.5, 0.6) is 0 Å². The molecule has 0 radical (unpaired) electrons. The number of likely N-dealkylation sites (tertiary alicyclic amines) is 1. The molecular weight excluding hydrogens is 397 g/mol. The summed E-state index contributed by atoms with van der Waals surface area (Å²) >= 11 is 12.4. The third-order valence-corrected chi connectivity index (χ3v) is 5.14. The van der Waals surface area contributed by atoms with Gasteiger partial charge >= 0.3 is 6.09 Å². The lowest BCUT2D eigenvalue weighted by molar-refractivity contribution is -0.128. The van der Waals surface area contributed by atoms with E-state index in [1.165, 1.54) is 4.90 Å². The molecule has 1 atom stereocenters. The molecule has 1 saturated heterocycles. The molecule has 2 amide bonds. The van der Waals surface area contributed by atoms with Crippen molar-refractivity contribution in [2.24, 2.45) is 0 Å². The second-order valence-electron chi connectivity index (χ2n) is 7.96. The van der Waals surface area contributed by atoms with Gasteiger partial charge in [-0.1, -0.05) is 47.5 Å². The minimum Gasteiger partial charge on any atom is -0.443 e. The van der Waals surface area contributed by atoms with Crippen LogP contribution in [0.15, 0.2) is 42.5 Å². The Morgan fingerprint density at radius 1 is 1.14 bits per heavy atom. The first-order chi connectivity index (χ1) is 13.1. The third kappa shape index (κ3) is 4.86. The van der Waals surface area contributed by atoms with Crippen LogP contribution in [0.25, 0.3) is 11.1 Å². The minimum atomic E-state index is -0.637. The fourth-order valence-corrected chi connectivity index (χ4v) is 3.71. The van der Waals surface area contributed by atoms with Gasteiger partial charge in [-0.25, -0.2) is 9.69 Å². The van der Waals surface area contributed by atoms with Crippen molar-refractivity contribution in [3.05, 3.63) is 58.1 Å². The third-order valence-electron chi connectivity index (χ3n) is 4.58. The molecule has 0 saturated carbocycles. The highest BCUT2D eigenvalue weighted by Gasteiger charge is 2.38. The van der Waals surface area contributed by atoms with Crippen LogP contribution in [0.2, 0.25) is 10.0 Å². The fourth-order valence-electron chi connectivity index (χ4n) is 3.31. The van der Waals surface area contributed by atoms with E-state index in [1.807, 2.05) is 30.3 Å². The summed E-state index contributed by atoms with van der Waals surface area (Å²) in [6, 6.07) is 13.1. The van der Waals surface area contributed by atoms with E-state index in [9.17, 15) is 9.59 Å². The predicted molar refractivity (Wildman–Crippen MR) is 112 cm³/mol. The van der Waals surface area contributed by atoms with Gasteiger partial charge < -0.3 is 4.74 Å². The number of hydrogen-bond donors (Lipinski definition) is 0. The van der Waals surface area contributed by atoms with Gasteiger partial charge in [0.15, 0.2) is 0 Å². The highest BCUT2D eigenvalue weighted by Crippen LogP contribution is 2.31. The Bertz CT molecular complexity index is 888. The zero-order chi connectivity index (χ0) is 20.5. The summed E-state index contributed by atoms with van der Waals surface area (Å²) < 4.78 is 5.40. The molecule has 0 spiro atoms. The maximum atomic E-state index is 12.4. The first-order valence-corrected chi connectivity index (χ1v) is 9.99. The van der Waals surface area contributed by atoms with E-state index in [-0.39, 0.29) is 11.9 Å². The smallest absolute Gasteiger partial charge is 0.417 e. The van der Waals surface area contributed by atoms with Crippen LogP contribution in [-0.2, 0) is 16.0 Å². The van der Waals surface area contributed by atoms with E-state index in [0.29, 0.717) is 29.3 Å². The van der Waals surface area contributed by atoms with Gasteiger partial charge in [0.05, 0.1) is 0 Å². The molecule has 28 heavy (non-hydrogen) atoms. The Hall–Kier alpha value is -2.04. The summed E-state index contributed by atoms with van der Waals surface area (Å²) in [5.74, 6) is -0.179. The van der Waals surface area contributed by atoms with Crippen molar-refractivity contribution < 1.29 is 14.3 Å². The molecule has 1 fully saturated rings. The standard InChI is InChI=1S/C22H23Cl2NO3/c1-22(2,3)28-21(27)25-17(9-11-20(25)26)12-14-4-6-15(7-5-14)18-13-16(23)8-10-19(18)24/h4-8,10,13,17H,9,11-12H2,1-3H3. The summed E-state index contributed by atoms with van der Waals surface area (Å²) in [5.41, 5.74) is 2.23. The quantitative estimate of drug-likeness (QED) is 0.600. The molecule has 1 aliphatic heterocycles. The van der Waals surface area contributed by atoms with Crippen molar-refractivity contribution in [3.63, 3.8) is 0 Å². The number of amides is 2. The van der Waals surface area contributed by atoms with Crippen molar-refractivity contribution in [2.75, 3.05) is 0 Å². The second-order valence-corrected chi connectivity index (χ2v) is 8.81. The largest absolute Gasteiger partial charge is 0.443 e. The molecule has 0 bridgehead atoms. The fraction of sp³-hybridized carbons (Fsp3) is 0.364. The zero-order valence-corrected chi connectivity index (χ0v) is 17.7. The molecule has 0 aromatic heterocycles. The number of rotatable bonds is 3. The average molecular weight is 420 g/mol. The summed E-state index contributed by atoms with van der Waals surface area (Å²) in [7, 11) is 0. The number of nitrogens with zero attached hydrogens (tertiary/aromatic N) is 1. The van der Waals surface area contributed by atoms with Gasteiger partial charge in [0, 0.05) is 28.1 Å². The lowest BCUT2D eigenvalue weighted by atomic mass is 9.99. The minimum absolute atomic E-state index is 0.179. The zero-order valence-electron chi connectivity index (χ0n) is 16.2. The summed E-state index contributed by atoms with van der Waals surface area (Å²) in [5, 5.41) is 1.26. The highest BCUT2D eigenvalue weighted by atomic mass is 35.5. The Kier molecular flexibility index (Phi) is 6.01. The van der Waals surface area contributed by atoms with Crippen LogP contribution < -0.4 is 0 Å². The Morgan fingerprint density at radius 2 is 1.82 bits per heavy atom. The van der Waals surface area contributed by atoms with Crippen molar-refractivity contribution in [1.29, 1.82) is 0 Å². The molecule has 1 aliphatic rings. The summed E-state index contributed by atoms with van der Waals surface area (Å²) in [4.78, 5) is 25.9. The number of benzene rings is 2. The van der Waals surface area contributed by atoms with E-state index in [2.05, 4.69) is 0 Å². The van der Waals surface area contributed by atoms with Gasteiger partial charge in [-0.15, -0.1) is 0 Å². The number of imide groups is 1. The van der Waals surface area contributed by atoms with Crippen molar-refractivity contribution >= 4 is 35.2 Å². The van der Waals surface area contributed by atoms with Crippen LogP contribution in [-0.4, -0.2) is 28.5 Å². The summed E-state index contributed by atoms with van der Waals surface area (Å²) in [6.07, 6.45) is 1.02. The molecule has 6 heteroatoms. The van der Waals surface area contributed by atoms with Gasteiger partial charge in [-0.3, -0.25) is 4.79 Å². The van der Waals surface area contributed by atoms with Crippen molar-refractivity contribution in [1.82, 2.24) is 4.90 Å². The number of halogens is 2. The first-order valence-electron chi connectivity index (χ1n) is 9.23. The first kappa shape index (κ1) is 20.7. The van der Waals surface area contributed by atoms with E-state index in [0.717, 1.165) is 16.7 Å². The normalized spacial score (nSPS) is 17.1. The number of ether oxygens (including phenoxy) is 1. The summed E-state index contributed by atoms with van der Waals surface area (Å²) in [6.45, 7) is 5.38. The molecule has 2 aromatic rings. The molecule has 2 aromatic carbocycles. The lowest BCUT2D eigenvalue weighted by Crippen LogP contribution is -2.43. The average Bonchev–Trinajstić information content (AvgIpc) is 2.97. The van der Waals surface area contributed by atoms with Crippen molar-refractivity contribution in [3.8, 4) is 11.1 Å². The van der Waals surface area contributed by atoms with Gasteiger partial charge in [0.25, 0.3) is 0 Å². The molecule has 1 unspecified atom stereocenters. The molecule has 148 valence electrons. The maximum Gasteiger partial charge on any atom is 0.417 e. The van der Waals surface area contributed by atoms with Crippen LogP contribution in [0.1, 0.15) is 39.2 Å². The molecule has 0 N–H and O–H groups in total.